The number of hydrogen-bond acceptors (Lipinski definition) is 3. The Labute approximate surface area is 124 Å². The molecule has 1 aromatic heterocycles. The standard InChI is InChI=1S/C17H18N2O2/c1-17(2,3)14-12-15(18-21-14)19(4)16(20)11-10-13-8-6-5-7-9-13/h5-9,12H,1-4H3. The molecule has 0 bridgehead atoms. The van der Waals surface area contributed by atoms with Crippen molar-refractivity contribution in [2.45, 2.75) is 26.2 Å². The first kappa shape index (κ1) is 14.9. The number of carbonyl (C=O) groups excluding carboxylic acids is 1. The van der Waals surface area contributed by atoms with Gasteiger partial charge in [0.15, 0.2) is 5.82 Å². The molecule has 1 aromatic carbocycles. The van der Waals surface area contributed by atoms with E-state index in [1.165, 1.54) is 4.90 Å². The molecule has 0 atom stereocenters. The highest BCUT2D eigenvalue weighted by molar-refractivity contribution is 6.05. The van der Waals surface area contributed by atoms with Crippen molar-refractivity contribution < 1.29 is 9.32 Å². The maximum absolute atomic E-state index is 12.0. The van der Waals surface area contributed by atoms with Crippen LogP contribution in [0.15, 0.2) is 40.9 Å². The topological polar surface area (TPSA) is 46.3 Å². The molecular formula is C17H18N2O2. The van der Waals surface area contributed by atoms with Gasteiger partial charge in [-0.15, -0.1) is 0 Å². The van der Waals surface area contributed by atoms with Crippen molar-refractivity contribution in [3.05, 3.63) is 47.7 Å². The van der Waals surface area contributed by atoms with Crippen molar-refractivity contribution in [2.75, 3.05) is 11.9 Å². The molecule has 0 spiro atoms. The number of rotatable bonds is 1. The van der Waals surface area contributed by atoms with Crippen LogP contribution in [0.3, 0.4) is 0 Å². The second kappa shape index (κ2) is 5.84. The zero-order valence-corrected chi connectivity index (χ0v) is 12.7. The van der Waals surface area contributed by atoms with Crippen LogP contribution in [0.25, 0.3) is 0 Å². The smallest absolute Gasteiger partial charge is 0.304 e. The Hall–Kier alpha value is -2.54. The van der Waals surface area contributed by atoms with Crippen LogP contribution in [0, 0.1) is 11.8 Å². The quantitative estimate of drug-likeness (QED) is 0.755. The van der Waals surface area contributed by atoms with Crippen molar-refractivity contribution >= 4 is 11.7 Å². The Morgan fingerprint density at radius 2 is 1.90 bits per heavy atom. The van der Waals surface area contributed by atoms with Gasteiger partial charge in [0.2, 0.25) is 0 Å². The largest absolute Gasteiger partial charge is 0.359 e. The minimum Gasteiger partial charge on any atom is -0.359 e. The SMILES string of the molecule is CN(C(=O)C#Cc1ccccc1)c1cc(C(C)(C)C)on1. The normalized spacial score (nSPS) is 10.7. The lowest BCUT2D eigenvalue weighted by Gasteiger charge is -2.12. The second-order valence-electron chi connectivity index (χ2n) is 5.78. The summed E-state index contributed by atoms with van der Waals surface area (Å²) in [5, 5.41) is 3.92. The summed E-state index contributed by atoms with van der Waals surface area (Å²) in [6.07, 6.45) is 0. The highest BCUT2D eigenvalue weighted by Gasteiger charge is 2.22. The summed E-state index contributed by atoms with van der Waals surface area (Å²) >= 11 is 0. The molecule has 108 valence electrons. The molecule has 0 radical (unpaired) electrons. The van der Waals surface area contributed by atoms with Gasteiger partial charge < -0.3 is 4.52 Å². The molecule has 0 fully saturated rings. The van der Waals surface area contributed by atoms with Gasteiger partial charge in [-0.1, -0.05) is 50.0 Å². The average molecular weight is 282 g/mol. The summed E-state index contributed by atoms with van der Waals surface area (Å²) in [6.45, 7) is 6.07. The number of carbonyl (C=O) groups is 1. The molecular weight excluding hydrogens is 264 g/mol. The van der Waals surface area contributed by atoms with Gasteiger partial charge in [0.05, 0.1) is 0 Å². The Bertz CT molecular complexity index is 685. The van der Waals surface area contributed by atoms with Crippen LogP contribution in [0.1, 0.15) is 32.1 Å². The van der Waals surface area contributed by atoms with E-state index in [0.717, 1.165) is 11.3 Å². The van der Waals surface area contributed by atoms with E-state index >= 15 is 0 Å². The van der Waals surface area contributed by atoms with Gasteiger partial charge >= 0.3 is 5.91 Å². The van der Waals surface area contributed by atoms with Gasteiger partial charge in [0, 0.05) is 30.0 Å². The lowest BCUT2D eigenvalue weighted by atomic mass is 9.93. The lowest BCUT2D eigenvalue weighted by Crippen LogP contribution is -2.24. The van der Waals surface area contributed by atoms with Gasteiger partial charge in [0.25, 0.3) is 0 Å². The molecule has 2 rings (SSSR count). The van der Waals surface area contributed by atoms with Crippen molar-refractivity contribution in [3.8, 4) is 11.8 Å². The number of anilines is 1. The van der Waals surface area contributed by atoms with Crippen LogP contribution < -0.4 is 4.90 Å². The van der Waals surface area contributed by atoms with Gasteiger partial charge in [0.1, 0.15) is 5.76 Å². The van der Waals surface area contributed by atoms with Gasteiger partial charge in [-0.25, -0.2) is 0 Å². The maximum atomic E-state index is 12.0. The molecule has 1 heterocycles. The molecule has 0 N–H and O–H groups in total. The van der Waals surface area contributed by atoms with E-state index in [0.29, 0.717) is 5.82 Å². The molecule has 4 nitrogen and oxygen atoms in total. The van der Waals surface area contributed by atoms with Crippen LogP contribution in [0.2, 0.25) is 0 Å². The molecule has 1 amide bonds. The molecule has 0 aliphatic carbocycles. The van der Waals surface area contributed by atoms with Crippen LogP contribution in [0.4, 0.5) is 5.82 Å². The summed E-state index contributed by atoms with van der Waals surface area (Å²) in [5.74, 6) is 6.30. The number of aromatic nitrogens is 1. The fraction of sp³-hybridized carbons (Fsp3) is 0.294. The summed E-state index contributed by atoms with van der Waals surface area (Å²) in [7, 11) is 1.63. The van der Waals surface area contributed by atoms with E-state index in [-0.39, 0.29) is 11.3 Å². The minimum atomic E-state index is -0.326. The van der Waals surface area contributed by atoms with Crippen LogP contribution in [-0.2, 0) is 10.2 Å². The first-order chi connectivity index (χ1) is 9.88. The van der Waals surface area contributed by atoms with E-state index in [4.69, 9.17) is 4.52 Å². The second-order valence-corrected chi connectivity index (χ2v) is 5.78. The van der Waals surface area contributed by atoms with E-state index < -0.39 is 0 Å². The third-order valence-corrected chi connectivity index (χ3v) is 2.97. The summed E-state index contributed by atoms with van der Waals surface area (Å²) in [6, 6.07) is 11.1. The molecule has 0 unspecified atom stereocenters. The number of benzene rings is 1. The monoisotopic (exact) mass is 282 g/mol. The molecule has 0 saturated carbocycles. The van der Waals surface area contributed by atoms with E-state index in [1.807, 2.05) is 51.1 Å². The number of nitrogens with zero attached hydrogens (tertiary/aromatic N) is 2. The van der Waals surface area contributed by atoms with Gasteiger partial charge in [-0.05, 0) is 12.1 Å². The highest BCUT2D eigenvalue weighted by Crippen LogP contribution is 2.25. The fourth-order valence-corrected chi connectivity index (χ4v) is 1.61. The predicted octanol–water partition coefficient (Wildman–Crippen LogP) is 2.99. The Kier molecular flexibility index (Phi) is 4.13. The highest BCUT2D eigenvalue weighted by atomic mass is 16.5. The predicted molar refractivity (Wildman–Crippen MR) is 81.9 cm³/mol. The minimum absolute atomic E-state index is 0.148. The van der Waals surface area contributed by atoms with E-state index in [9.17, 15) is 4.79 Å². The molecule has 0 aliphatic rings. The van der Waals surface area contributed by atoms with Crippen molar-refractivity contribution in [1.29, 1.82) is 0 Å². The van der Waals surface area contributed by atoms with Crippen LogP contribution >= 0.6 is 0 Å². The molecule has 21 heavy (non-hydrogen) atoms. The third kappa shape index (κ3) is 3.73. The maximum Gasteiger partial charge on any atom is 0.304 e. The fourth-order valence-electron chi connectivity index (χ4n) is 1.61. The van der Waals surface area contributed by atoms with Gasteiger partial charge in [-0.3, -0.25) is 9.69 Å². The Morgan fingerprint density at radius 1 is 1.24 bits per heavy atom. The van der Waals surface area contributed by atoms with Crippen LogP contribution in [0.5, 0.6) is 0 Å². The van der Waals surface area contributed by atoms with E-state index in [2.05, 4.69) is 17.0 Å². The first-order valence-corrected chi connectivity index (χ1v) is 6.70. The van der Waals surface area contributed by atoms with Crippen molar-refractivity contribution in [2.24, 2.45) is 0 Å². The van der Waals surface area contributed by atoms with Crippen molar-refractivity contribution in [1.82, 2.24) is 5.16 Å². The molecule has 0 saturated heterocycles. The number of amides is 1. The Morgan fingerprint density at radius 3 is 2.48 bits per heavy atom. The summed E-state index contributed by atoms with van der Waals surface area (Å²) < 4.78 is 5.27. The molecule has 0 aliphatic heterocycles. The summed E-state index contributed by atoms with van der Waals surface area (Å²) in [5.41, 5.74) is 0.653. The molecule has 2 aromatic rings. The van der Waals surface area contributed by atoms with E-state index in [1.54, 1.807) is 13.1 Å². The van der Waals surface area contributed by atoms with Crippen molar-refractivity contribution in [3.63, 3.8) is 0 Å². The number of hydrogen-bond donors (Lipinski definition) is 0. The average Bonchev–Trinajstić information content (AvgIpc) is 2.95. The first-order valence-electron chi connectivity index (χ1n) is 6.70. The zero-order valence-electron chi connectivity index (χ0n) is 12.7. The van der Waals surface area contributed by atoms with Gasteiger partial charge in [-0.2, -0.15) is 0 Å². The lowest BCUT2D eigenvalue weighted by molar-refractivity contribution is -0.113. The molecule has 4 heteroatoms. The van der Waals surface area contributed by atoms with Crippen LogP contribution in [-0.4, -0.2) is 18.1 Å². The Balaban J connectivity index is 2.13. The zero-order chi connectivity index (χ0) is 15.5. The summed E-state index contributed by atoms with van der Waals surface area (Å²) in [4.78, 5) is 13.4. The third-order valence-electron chi connectivity index (χ3n) is 2.97.